The maximum Gasteiger partial charge on any atom is 0.343 e. The van der Waals surface area contributed by atoms with Crippen LogP contribution in [0.25, 0.3) is 11.1 Å². The van der Waals surface area contributed by atoms with E-state index in [2.05, 4.69) is 13.0 Å². The topological polar surface area (TPSA) is 76.4 Å². The highest BCUT2D eigenvalue weighted by atomic mass is 16.5. The second-order valence-electron chi connectivity index (χ2n) is 9.38. The van der Waals surface area contributed by atoms with Crippen LogP contribution in [0.4, 0.5) is 0 Å². The summed E-state index contributed by atoms with van der Waals surface area (Å²) in [5, 5.41) is 8.94. The van der Waals surface area contributed by atoms with Crippen molar-refractivity contribution in [1.29, 1.82) is 5.26 Å². The summed E-state index contributed by atoms with van der Waals surface area (Å²) in [7, 11) is 0. The van der Waals surface area contributed by atoms with Crippen molar-refractivity contribution in [3.63, 3.8) is 0 Å². The summed E-state index contributed by atoms with van der Waals surface area (Å²) in [5.41, 5.74) is 4.55. The second-order valence-corrected chi connectivity index (χ2v) is 9.38. The van der Waals surface area contributed by atoms with Crippen molar-refractivity contribution in [2.45, 2.75) is 45.4 Å². The lowest BCUT2D eigenvalue weighted by atomic mass is 10.0. The van der Waals surface area contributed by atoms with Gasteiger partial charge in [-0.15, -0.1) is 0 Å². The third-order valence-electron chi connectivity index (χ3n) is 6.47. The normalized spacial score (nSPS) is 10.5. The van der Waals surface area contributed by atoms with E-state index in [0.717, 1.165) is 24.0 Å². The molecule has 0 spiro atoms. The van der Waals surface area contributed by atoms with Gasteiger partial charge in [0.25, 0.3) is 0 Å². The van der Waals surface area contributed by atoms with E-state index in [1.807, 2.05) is 36.4 Å². The van der Waals surface area contributed by atoms with Crippen molar-refractivity contribution in [2.24, 2.45) is 0 Å². The summed E-state index contributed by atoms with van der Waals surface area (Å²) in [6.45, 7) is 2.21. The first-order valence-electron chi connectivity index (χ1n) is 13.3. The van der Waals surface area contributed by atoms with Crippen LogP contribution in [-0.4, -0.2) is 11.9 Å². The van der Waals surface area contributed by atoms with Crippen LogP contribution in [0.15, 0.2) is 97.1 Å². The molecule has 0 aliphatic rings. The molecule has 5 heteroatoms. The van der Waals surface area contributed by atoms with E-state index in [9.17, 15) is 9.59 Å². The average Bonchev–Trinajstić information content (AvgIpc) is 2.98. The Kier molecular flexibility index (Phi) is 9.63. The molecule has 0 radical (unpaired) electrons. The molecule has 196 valence electrons. The van der Waals surface area contributed by atoms with Crippen molar-refractivity contribution in [3.8, 4) is 28.7 Å². The molecule has 0 aliphatic heterocycles. The van der Waals surface area contributed by atoms with Gasteiger partial charge in [-0.3, -0.25) is 0 Å². The molecule has 0 N–H and O–H groups in total. The molecule has 4 aromatic carbocycles. The lowest BCUT2D eigenvalue weighted by Gasteiger charge is -2.08. The average molecular weight is 518 g/mol. The minimum Gasteiger partial charge on any atom is -0.423 e. The van der Waals surface area contributed by atoms with Crippen molar-refractivity contribution in [3.05, 3.63) is 119 Å². The highest BCUT2D eigenvalue weighted by Gasteiger charge is 2.12. The first kappa shape index (κ1) is 27.3. The van der Waals surface area contributed by atoms with Crippen molar-refractivity contribution >= 4 is 11.9 Å². The number of nitriles is 1. The molecule has 0 heterocycles. The Morgan fingerprint density at radius 3 is 1.59 bits per heavy atom. The molecular weight excluding hydrogens is 486 g/mol. The van der Waals surface area contributed by atoms with Crippen LogP contribution in [0.3, 0.4) is 0 Å². The van der Waals surface area contributed by atoms with E-state index in [4.69, 9.17) is 14.7 Å². The van der Waals surface area contributed by atoms with Crippen LogP contribution in [0, 0.1) is 11.3 Å². The third kappa shape index (κ3) is 7.90. The third-order valence-corrected chi connectivity index (χ3v) is 6.47. The molecule has 0 amide bonds. The number of hydrogen-bond acceptors (Lipinski definition) is 5. The predicted molar refractivity (Wildman–Crippen MR) is 152 cm³/mol. The number of benzene rings is 4. The molecule has 0 unspecified atom stereocenters. The predicted octanol–water partition coefficient (Wildman–Crippen LogP) is 8.18. The van der Waals surface area contributed by atoms with Crippen molar-refractivity contribution < 1.29 is 19.1 Å². The highest BCUT2D eigenvalue weighted by Crippen LogP contribution is 2.24. The van der Waals surface area contributed by atoms with E-state index in [1.54, 1.807) is 60.7 Å². The summed E-state index contributed by atoms with van der Waals surface area (Å²) in [5.74, 6) is -0.188. The minimum absolute atomic E-state index is 0.342. The van der Waals surface area contributed by atoms with Gasteiger partial charge in [-0.25, -0.2) is 9.59 Å². The Hall–Kier alpha value is -4.69. The van der Waals surface area contributed by atoms with Crippen LogP contribution in [-0.2, 0) is 6.42 Å². The molecule has 5 nitrogen and oxygen atoms in total. The van der Waals surface area contributed by atoms with E-state index in [0.29, 0.717) is 28.2 Å². The Morgan fingerprint density at radius 2 is 1.08 bits per heavy atom. The van der Waals surface area contributed by atoms with Crippen LogP contribution < -0.4 is 9.47 Å². The number of ether oxygens (including phenoxy) is 2. The molecule has 0 aromatic heterocycles. The summed E-state index contributed by atoms with van der Waals surface area (Å²) in [4.78, 5) is 25.1. The number of nitrogens with zero attached hydrogens (tertiary/aromatic N) is 1. The van der Waals surface area contributed by atoms with E-state index in [1.165, 1.54) is 31.2 Å². The maximum atomic E-state index is 12.6. The van der Waals surface area contributed by atoms with Crippen LogP contribution in [0.5, 0.6) is 11.5 Å². The second kappa shape index (κ2) is 13.7. The van der Waals surface area contributed by atoms with Crippen LogP contribution in [0.2, 0.25) is 0 Å². The number of rotatable bonds is 11. The Balaban J connectivity index is 1.28. The minimum atomic E-state index is -0.510. The van der Waals surface area contributed by atoms with Crippen molar-refractivity contribution in [1.82, 2.24) is 0 Å². The molecule has 0 bridgehead atoms. The maximum absolute atomic E-state index is 12.6. The fourth-order valence-electron chi connectivity index (χ4n) is 4.18. The summed E-state index contributed by atoms with van der Waals surface area (Å²) in [6, 6.07) is 30.4. The summed E-state index contributed by atoms with van der Waals surface area (Å²) < 4.78 is 11.0. The Bertz CT molecular complexity index is 1420. The van der Waals surface area contributed by atoms with Gasteiger partial charge in [0.1, 0.15) is 11.5 Å². The van der Waals surface area contributed by atoms with Gasteiger partial charge in [-0.05, 0) is 90.2 Å². The summed E-state index contributed by atoms with van der Waals surface area (Å²) >= 11 is 0. The zero-order valence-electron chi connectivity index (χ0n) is 22.1. The van der Waals surface area contributed by atoms with E-state index in [-0.39, 0.29) is 0 Å². The lowest BCUT2D eigenvalue weighted by molar-refractivity contribution is 0.0730. The number of esters is 2. The molecule has 0 saturated carbocycles. The molecule has 39 heavy (non-hydrogen) atoms. The van der Waals surface area contributed by atoms with E-state index >= 15 is 0 Å². The largest absolute Gasteiger partial charge is 0.423 e. The first-order chi connectivity index (χ1) is 19.1. The fraction of sp³-hybridized carbons (Fsp3) is 0.206. The Morgan fingerprint density at radius 1 is 0.615 bits per heavy atom. The number of hydrogen-bond donors (Lipinski definition) is 0. The van der Waals surface area contributed by atoms with Gasteiger partial charge >= 0.3 is 11.9 Å². The first-order valence-corrected chi connectivity index (χ1v) is 13.3. The van der Waals surface area contributed by atoms with Gasteiger partial charge < -0.3 is 9.47 Å². The van der Waals surface area contributed by atoms with Gasteiger partial charge in [-0.2, -0.15) is 5.26 Å². The van der Waals surface area contributed by atoms with E-state index < -0.39 is 11.9 Å². The SMILES string of the molecule is CCCCCCCc1ccc(C(=O)Oc2ccc(C(=O)Oc3ccc(-c4ccc(C#N)cc4)cc3)cc2)cc1. The van der Waals surface area contributed by atoms with Gasteiger partial charge in [0.15, 0.2) is 0 Å². The lowest BCUT2D eigenvalue weighted by Crippen LogP contribution is -2.10. The van der Waals surface area contributed by atoms with Crippen LogP contribution in [0.1, 0.15) is 70.9 Å². The van der Waals surface area contributed by atoms with Gasteiger partial charge in [0, 0.05) is 0 Å². The molecule has 4 aromatic rings. The fourth-order valence-corrected chi connectivity index (χ4v) is 4.18. The molecule has 0 atom stereocenters. The quantitative estimate of drug-likeness (QED) is 0.114. The van der Waals surface area contributed by atoms with Gasteiger partial charge in [0.05, 0.1) is 22.8 Å². The summed E-state index contributed by atoms with van der Waals surface area (Å²) in [6.07, 6.45) is 7.18. The highest BCUT2D eigenvalue weighted by molar-refractivity contribution is 5.92. The smallest absolute Gasteiger partial charge is 0.343 e. The monoisotopic (exact) mass is 517 g/mol. The number of unbranched alkanes of at least 4 members (excludes halogenated alkanes) is 4. The molecule has 4 rings (SSSR count). The molecule has 0 saturated heterocycles. The number of carbonyl (C=O) groups excluding carboxylic acids is 2. The molecule has 0 fully saturated rings. The Labute approximate surface area is 229 Å². The molecule has 0 aliphatic carbocycles. The zero-order valence-corrected chi connectivity index (χ0v) is 22.1. The molecular formula is C34H31NO4. The van der Waals surface area contributed by atoms with Crippen molar-refractivity contribution in [2.75, 3.05) is 0 Å². The standard InChI is InChI=1S/C34H31NO4/c1-2-3-4-5-6-7-25-8-14-29(15-9-25)33(36)39-32-22-18-30(19-23-32)34(37)38-31-20-16-28(17-21-31)27-12-10-26(24-35)11-13-27/h8-23H,2-7H2,1H3. The van der Waals surface area contributed by atoms with Gasteiger partial charge in [-0.1, -0.05) is 69.0 Å². The van der Waals surface area contributed by atoms with Crippen LogP contribution >= 0.6 is 0 Å². The number of aryl methyl sites for hydroxylation is 1. The zero-order chi connectivity index (χ0) is 27.5. The van der Waals surface area contributed by atoms with Gasteiger partial charge in [0.2, 0.25) is 0 Å². The number of carbonyl (C=O) groups is 2.